The molecule has 0 bridgehead atoms. The highest BCUT2D eigenvalue weighted by molar-refractivity contribution is 5.78. The van der Waals surface area contributed by atoms with Crippen LogP contribution < -0.4 is 5.32 Å². The molecule has 5 nitrogen and oxygen atoms in total. The molecule has 0 radical (unpaired) electrons. The number of nitrogens with one attached hydrogen (secondary N) is 1. The van der Waals surface area contributed by atoms with Crippen molar-refractivity contribution < 1.29 is 19.4 Å². The monoisotopic (exact) mass is 161 g/mol. The average Bonchev–Trinajstić information content (AvgIpc) is 1.98. The number of carbonyl (C=O) groups excluding carboxylic acids is 2. The number of hydrogen-bond donors (Lipinski definition) is 2. The Hall–Kier alpha value is -1.10. The fraction of sp³-hybridized carbons (Fsp3) is 0.667. The number of amides is 1. The smallest absolute Gasteiger partial charge is 0.331 e. The summed E-state index contributed by atoms with van der Waals surface area (Å²) in [7, 11) is 1.18. The molecule has 0 aromatic carbocycles. The molecule has 11 heavy (non-hydrogen) atoms. The van der Waals surface area contributed by atoms with Crippen LogP contribution in [-0.2, 0) is 14.3 Å². The number of aliphatic hydroxyl groups is 1. The summed E-state index contributed by atoms with van der Waals surface area (Å²) in [5.41, 5.74) is 0. The lowest BCUT2D eigenvalue weighted by molar-refractivity contribution is -0.146. The van der Waals surface area contributed by atoms with Crippen molar-refractivity contribution in [1.29, 1.82) is 0 Å². The van der Waals surface area contributed by atoms with E-state index in [1.54, 1.807) is 0 Å². The molecule has 0 saturated carbocycles. The maximum atomic E-state index is 10.7. The van der Waals surface area contributed by atoms with Crippen LogP contribution in [0, 0.1) is 0 Å². The molecular weight excluding hydrogens is 150 g/mol. The Balaban J connectivity index is 4.08. The molecule has 64 valence electrons. The molecule has 0 aliphatic heterocycles. The first-order chi connectivity index (χ1) is 5.13. The molecule has 0 saturated heterocycles. The Kier molecular flexibility index (Phi) is 4.21. The lowest BCUT2D eigenvalue weighted by Crippen LogP contribution is -2.44. The van der Waals surface area contributed by atoms with Gasteiger partial charge in [0.1, 0.15) is 0 Å². The largest absolute Gasteiger partial charge is 0.467 e. The quantitative estimate of drug-likeness (QED) is 0.395. The molecule has 2 N–H and O–H groups in total. The van der Waals surface area contributed by atoms with Crippen LogP contribution in [-0.4, -0.2) is 36.7 Å². The normalized spacial score (nSPS) is 14.8. The molecule has 2 atom stereocenters. The number of methoxy groups -OCH3 is 1. The number of hydrogen-bond acceptors (Lipinski definition) is 4. The first kappa shape index (κ1) is 9.90. The molecule has 0 rings (SSSR count). The first-order valence-electron chi connectivity index (χ1n) is 3.09. The highest BCUT2D eigenvalue weighted by Gasteiger charge is 2.22. The van der Waals surface area contributed by atoms with Gasteiger partial charge in [-0.25, -0.2) is 4.79 Å². The van der Waals surface area contributed by atoms with Gasteiger partial charge >= 0.3 is 5.97 Å². The molecular formula is C6H11NO4. The van der Waals surface area contributed by atoms with Gasteiger partial charge in [0.05, 0.1) is 13.2 Å². The SMILES string of the molecule is COC(=O)C(NC=O)C(C)O. The Morgan fingerprint density at radius 2 is 2.27 bits per heavy atom. The van der Waals surface area contributed by atoms with Crippen molar-refractivity contribution >= 4 is 12.4 Å². The summed E-state index contributed by atoms with van der Waals surface area (Å²) in [5, 5.41) is 11.1. The summed E-state index contributed by atoms with van der Waals surface area (Å²) in [5.74, 6) is -0.660. The van der Waals surface area contributed by atoms with Crippen molar-refractivity contribution in [3.8, 4) is 0 Å². The lowest BCUT2D eigenvalue weighted by atomic mass is 10.2. The van der Waals surface area contributed by atoms with Gasteiger partial charge in [-0.15, -0.1) is 0 Å². The van der Waals surface area contributed by atoms with E-state index >= 15 is 0 Å². The lowest BCUT2D eigenvalue weighted by Gasteiger charge is -2.15. The van der Waals surface area contributed by atoms with E-state index in [1.165, 1.54) is 14.0 Å². The summed E-state index contributed by atoms with van der Waals surface area (Å²) in [4.78, 5) is 20.6. The number of ether oxygens (including phenoxy) is 1. The topological polar surface area (TPSA) is 75.6 Å². The van der Waals surface area contributed by atoms with Crippen LogP contribution in [0.3, 0.4) is 0 Å². The van der Waals surface area contributed by atoms with Crippen LogP contribution in [0.4, 0.5) is 0 Å². The number of carbonyl (C=O) groups is 2. The molecule has 0 aliphatic carbocycles. The van der Waals surface area contributed by atoms with E-state index in [2.05, 4.69) is 10.1 Å². The summed E-state index contributed by atoms with van der Waals surface area (Å²) in [6, 6.07) is -0.975. The van der Waals surface area contributed by atoms with Crippen molar-refractivity contribution in [1.82, 2.24) is 5.32 Å². The van der Waals surface area contributed by atoms with Gasteiger partial charge in [-0.1, -0.05) is 0 Å². The van der Waals surface area contributed by atoms with Gasteiger partial charge in [0.2, 0.25) is 6.41 Å². The fourth-order valence-electron chi connectivity index (χ4n) is 0.605. The predicted octanol–water partition coefficient (Wildman–Crippen LogP) is -1.35. The first-order valence-corrected chi connectivity index (χ1v) is 3.09. The molecule has 0 aliphatic rings. The maximum absolute atomic E-state index is 10.7. The third-order valence-corrected chi connectivity index (χ3v) is 1.19. The van der Waals surface area contributed by atoms with Gasteiger partial charge in [0, 0.05) is 0 Å². The van der Waals surface area contributed by atoms with Crippen LogP contribution in [0.5, 0.6) is 0 Å². The Labute approximate surface area is 64.3 Å². The maximum Gasteiger partial charge on any atom is 0.331 e. The van der Waals surface area contributed by atoms with E-state index in [0.717, 1.165) is 0 Å². The number of rotatable bonds is 4. The van der Waals surface area contributed by atoms with Crippen molar-refractivity contribution in [3.63, 3.8) is 0 Å². The van der Waals surface area contributed by atoms with E-state index in [0.29, 0.717) is 6.41 Å². The van der Waals surface area contributed by atoms with E-state index < -0.39 is 18.1 Å². The van der Waals surface area contributed by atoms with Crippen LogP contribution in [0.1, 0.15) is 6.92 Å². The molecule has 1 amide bonds. The average molecular weight is 161 g/mol. The van der Waals surface area contributed by atoms with Crippen LogP contribution in [0.15, 0.2) is 0 Å². The third-order valence-electron chi connectivity index (χ3n) is 1.19. The highest BCUT2D eigenvalue weighted by Crippen LogP contribution is 1.93. The highest BCUT2D eigenvalue weighted by atomic mass is 16.5. The van der Waals surface area contributed by atoms with Crippen molar-refractivity contribution in [3.05, 3.63) is 0 Å². The van der Waals surface area contributed by atoms with Gasteiger partial charge in [0.15, 0.2) is 6.04 Å². The molecule has 0 aromatic heterocycles. The fourth-order valence-corrected chi connectivity index (χ4v) is 0.605. The summed E-state index contributed by atoms with van der Waals surface area (Å²) in [6.07, 6.45) is -0.610. The zero-order valence-corrected chi connectivity index (χ0v) is 6.40. The molecule has 5 heteroatoms. The molecule has 0 spiro atoms. The second-order valence-electron chi connectivity index (χ2n) is 2.03. The van der Waals surface area contributed by atoms with Gasteiger partial charge < -0.3 is 15.2 Å². The molecule has 2 unspecified atom stereocenters. The van der Waals surface area contributed by atoms with Gasteiger partial charge in [-0.05, 0) is 6.92 Å². The van der Waals surface area contributed by atoms with E-state index in [-0.39, 0.29) is 0 Å². The van der Waals surface area contributed by atoms with Crippen molar-refractivity contribution in [2.75, 3.05) is 7.11 Å². The Morgan fingerprint density at radius 3 is 2.55 bits per heavy atom. The van der Waals surface area contributed by atoms with Crippen molar-refractivity contribution in [2.45, 2.75) is 19.1 Å². The van der Waals surface area contributed by atoms with Crippen LogP contribution in [0.25, 0.3) is 0 Å². The van der Waals surface area contributed by atoms with Crippen LogP contribution >= 0.6 is 0 Å². The minimum Gasteiger partial charge on any atom is -0.467 e. The minimum absolute atomic E-state index is 0.342. The summed E-state index contributed by atoms with van der Waals surface area (Å²) >= 11 is 0. The van der Waals surface area contributed by atoms with Crippen molar-refractivity contribution in [2.24, 2.45) is 0 Å². The minimum atomic E-state index is -0.975. The van der Waals surface area contributed by atoms with E-state index in [4.69, 9.17) is 5.11 Å². The molecule has 0 heterocycles. The Morgan fingerprint density at radius 1 is 1.73 bits per heavy atom. The summed E-state index contributed by atoms with van der Waals surface area (Å²) < 4.78 is 4.31. The second kappa shape index (κ2) is 4.68. The van der Waals surface area contributed by atoms with Gasteiger partial charge in [-0.2, -0.15) is 0 Å². The zero-order valence-electron chi connectivity index (χ0n) is 6.40. The predicted molar refractivity (Wildman–Crippen MR) is 36.7 cm³/mol. The van der Waals surface area contributed by atoms with E-state index in [9.17, 15) is 9.59 Å². The van der Waals surface area contributed by atoms with Gasteiger partial charge in [-0.3, -0.25) is 4.79 Å². The number of esters is 1. The number of aliphatic hydroxyl groups excluding tert-OH is 1. The second-order valence-corrected chi connectivity index (χ2v) is 2.03. The van der Waals surface area contributed by atoms with Crippen LogP contribution in [0.2, 0.25) is 0 Å². The molecule has 0 fully saturated rings. The van der Waals surface area contributed by atoms with E-state index in [1.807, 2.05) is 0 Å². The summed E-state index contributed by atoms with van der Waals surface area (Å²) in [6.45, 7) is 1.39. The third kappa shape index (κ3) is 2.99. The molecule has 0 aromatic rings. The Bertz CT molecular complexity index is 146. The zero-order chi connectivity index (χ0) is 8.85. The van der Waals surface area contributed by atoms with Gasteiger partial charge in [0.25, 0.3) is 0 Å². The standard InChI is InChI=1S/C6H11NO4/c1-4(9)5(7-3-8)6(10)11-2/h3-5,9H,1-2H3,(H,7,8).